The van der Waals surface area contributed by atoms with Crippen LogP contribution >= 0.6 is 0 Å². The van der Waals surface area contributed by atoms with E-state index >= 15 is 0 Å². The van der Waals surface area contributed by atoms with Gasteiger partial charge in [0.2, 0.25) is 0 Å². The molecule has 0 bridgehead atoms. The Kier molecular flexibility index (Phi) is 4.34. The average molecular weight is 206 g/mol. The molecular weight excluding hydrogens is 184 g/mol. The normalized spacial score (nSPS) is 13.9. The standard InChI is InChI=1S/C14H22O/c1-14(2,3)13(15)11-7-10-12-8-5-4-6-9-12/h4-6,8-9,13,15H,7,10-11H2,1-3H3. The van der Waals surface area contributed by atoms with Gasteiger partial charge in [-0.3, -0.25) is 0 Å². The summed E-state index contributed by atoms with van der Waals surface area (Å²) in [7, 11) is 0. The van der Waals surface area contributed by atoms with Crippen LogP contribution < -0.4 is 0 Å². The van der Waals surface area contributed by atoms with Crippen LogP contribution in [0.25, 0.3) is 0 Å². The van der Waals surface area contributed by atoms with Crippen molar-refractivity contribution >= 4 is 0 Å². The van der Waals surface area contributed by atoms with Crippen molar-refractivity contribution in [3.63, 3.8) is 0 Å². The summed E-state index contributed by atoms with van der Waals surface area (Å²) in [4.78, 5) is 0. The number of hydrogen-bond donors (Lipinski definition) is 1. The molecule has 1 aromatic carbocycles. The first-order valence-corrected chi connectivity index (χ1v) is 5.72. The van der Waals surface area contributed by atoms with Gasteiger partial charge in [-0.2, -0.15) is 0 Å². The molecule has 1 aromatic rings. The van der Waals surface area contributed by atoms with Gasteiger partial charge in [-0.25, -0.2) is 0 Å². The lowest BCUT2D eigenvalue weighted by molar-refractivity contribution is 0.0540. The zero-order valence-electron chi connectivity index (χ0n) is 10.0. The molecule has 1 nitrogen and oxygen atoms in total. The molecule has 0 saturated heterocycles. The third-order valence-corrected chi connectivity index (χ3v) is 2.79. The third-order valence-electron chi connectivity index (χ3n) is 2.79. The summed E-state index contributed by atoms with van der Waals surface area (Å²) in [6, 6.07) is 10.4. The van der Waals surface area contributed by atoms with Gasteiger partial charge >= 0.3 is 0 Å². The van der Waals surface area contributed by atoms with Crippen molar-refractivity contribution in [1.82, 2.24) is 0 Å². The van der Waals surface area contributed by atoms with Crippen LogP contribution in [0.3, 0.4) is 0 Å². The number of benzene rings is 1. The first-order valence-electron chi connectivity index (χ1n) is 5.72. The molecule has 1 atom stereocenters. The van der Waals surface area contributed by atoms with E-state index in [1.807, 2.05) is 6.07 Å². The first kappa shape index (κ1) is 12.3. The van der Waals surface area contributed by atoms with Crippen LogP contribution in [0.15, 0.2) is 30.3 Å². The van der Waals surface area contributed by atoms with E-state index in [-0.39, 0.29) is 11.5 Å². The Morgan fingerprint density at radius 1 is 1.13 bits per heavy atom. The Bertz CT molecular complexity index is 271. The fraction of sp³-hybridized carbons (Fsp3) is 0.571. The van der Waals surface area contributed by atoms with Gasteiger partial charge in [-0.05, 0) is 30.2 Å². The Morgan fingerprint density at radius 2 is 1.73 bits per heavy atom. The maximum absolute atomic E-state index is 9.86. The van der Waals surface area contributed by atoms with Crippen LogP contribution in [0.2, 0.25) is 0 Å². The SMILES string of the molecule is CC(C)(C)C(O)CCCc1ccccc1. The second-order valence-corrected chi connectivity index (χ2v) is 5.26. The highest BCUT2D eigenvalue weighted by Gasteiger charge is 2.21. The minimum atomic E-state index is -0.193. The highest BCUT2D eigenvalue weighted by molar-refractivity contribution is 5.14. The molecule has 1 rings (SSSR count). The van der Waals surface area contributed by atoms with Crippen molar-refractivity contribution in [2.45, 2.75) is 46.1 Å². The van der Waals surface area contributed by atoms with E-state index in [2.05, 4.69) is 45.0 Å². The second-order valence-electron chi connectivity index (χ2n) is 5.26. The van der Waals surface area contributed by atoms with Crippen LogP contribution in [-0.4, -0.2) is 11.2 Å². The van der Waals surface area contributed by atoms with Crippen LogP contribution in [-0.2, 0) is 6.42 Å². The molecule has 0 aliphatic heterocycles. The lowest BCUT2D eigenvalue weighted by Gasteiger charge is -2.25. The van der Waals surface area contributed by atoms with Crippen LogP contribution in [0.5, 0.6) is 0 Å². The highest BCUT2D eigenvalue weighted by atomic mass is 16.3. The summed E-state index contributed by atoms with van der Waals surface area (Å²) in [5, 5.41) is 9.86. The van der Waals surface area contributed by atoms with Crippen LogP contribution in [0.1, 0.15) is 39.2 Å². The Morgan fingerprint density at radius 3 is 2.27 bits per heavy atom. The fourth-order valence-electron chi connectivity index (χ4n) is 1.58. The fourth-order valence-corrected chi connectivity index (χ4v) is 1.58. The number of hydrogen-bond acceptors (Lipinski definition) is 1. The topological polar surface area (TPSA) is 20.2 Å². The van der Waals surface area contributed by atoms with Crippen molar-refractivity contribution in [3.8, 4) is 0 Å². The predicted molar refractivity (Wildman–Crippen MR) is 64.8 cm³/mol. The van der Waals surface area contributed by atoms with Gasteiger partial charge in [0.15, 0.2) is 0 Å². The van der Waals surface area contributed by atoms with Crippen molar-refractivity contribution in [2.75, 3.05) is 0 Å². The first-order chi connectivity index (χ1) is 7.00. The lowest BCUT2D eigenvalue weighted by Crippen LogP contribution is -2.25. The van der Waals surface area contributed by atoms with E-state index < -0.39 is 0 Å². The minimum absolute atomic E-state index is 0.0106. The summed E-state index contributed by atoms with van der Waals surface area (Å²) < 4.78 is 0. The monoisotopic (exact) mass is 206 g/mol. The molecule has 0 fully saturated rings. The molecule has 15 heavy (non-hydrogen) atoms. The summed E-state index contributed by atoms with van der Waals surface area (Å²) in [6.07, 6.45) is 2.82. The van der Waals surface area contributed by atoms with E-state index in [1.54, 1.807) is 0 Å². The molecule has 0 amide bonds. The Labute approximate surface area is 93.1 Å². The van der Waals surface area contributed by atoms with E-state index in [4.69, 9.17) is 0 Å². The molecule has 0 radical (unpaired) electrons. The largest absolute Gasteiger partial charge is 0.393 e. The molecular formula is C14H22O. The van der Waals surface area contributed by atoms with Gasteiger partial charge in [0.05, 0.1) is 6.10 Å². The van der Waals surface area contributed by atoms with Crippen LogP contribution in [0, 0.1) is 5.41 Å². The van der Waals surface area contributed by atoms with Crippen molar-refractivity contribution in [2.24, 2.45) is 5.41 Å². The van der Waals surface area contributed by atoms with E-state index in [0.717, 1.165) is 19.3 Å². The molecule has 1 heteroatoms. The van der Waals surface area contributed by atoms with Crippen molar-refractivity contribution < 1.29 is 5.11 Å². The zero-order chi connectivity index (χ0) is 11.3. The molecule has 0 aliphatic carbocycles. The summed E-state index contributed by atoms with van der Waals surface area (Å²) >= 11 is 0. The summed E-state index contributed by atoms with van der Waals surface area (Å²) in [5.41, 5.74) is 1.37. The molecule has 0 spiro atoms. The number of rotatable bonds is 4. The molecule has 0 heterocycles. The predicted octanol–water partition coefficient (Wildman–Crippen LogP) is 3.42. The average Bonchev–Trinajstić information content (AvgIpc) is 2.18. The Hall–Kier alpha value is -0.820. The van der Waals surface area contributed by atoms with Gasteiger partial charge in [0.1, 0.15) is 0 Å². The van der Waals surface area contributed by atoms with Gasteiger partial charge in [-0.15, -0.1) is 0 Å². The number of aliphatic hydroxyl groups is 1. The van der Waals surface area contributed by atoms with Gasteiger partial charge in [0.25, 0.3) is 0 Å². The van der Waals surface area contributed by atoms with E-state index in [0.29, 0.717) is 0 Å². The second kappa shape index (κ2) is 5.32. The van der Waals surface area contributed by atoms with Crippen molar-refractivity contribution in [3.05, 3.63) is 35.9 Å². The van der Waals surface area contributed by atoms with E-state index in [9.17, 15) is 5.11 Å². The maximum atomic E-state index is 9.86. The molecule has 0 aromatic heterocycles. The molecule has 84 valence electrons. The molecule has 0 saturated carbocycles. The van der Waals surface area contributed by atoms with Gasteiger partial charge in [0, 0.05) is 0 Å². The minimum Gasteiger partial charge on any atom is -0.393 e. The van der Waals surface area contributed by atoms with Gasteiger partial charge < -0.3 is 5.11 Å². The Balaban J connectivity index is 2.28. The summed E-state index contributed by atoms with van der Waals surface area (Å²) in [6.45, 7) is 6.25. The van der Waals surface area contributed by atoms with Crippen LogP contribution in [0.4, 0.5) is 0 Å². The molecule has 0 aliphatic rings. The zero-order valence-corrected chi connectivity index (χ0v) is 10.0. The van der Waals surface area contributed by atoms with E-state index in [1.165, 1.54) is 5.56 Å². The maximum Gasteiger partial charge on any atom is 0.0588 e. The number of aliphatic hydroxyl groups excluding tert-OH is 1. The summed E-state index contributed by atoms with van der Waals surface area (Å²) in [5.74, 6) is 0. The highest BCUT2D eigenvalue weighted by Crippen LogP contribution is 2.23. The van der Waals surface area contributed by atoms with Crippen molar-refractivity contribution in [1.29, 1.82) is 0 Å². The lowest BCUT2D eigenvalue weighted by atomic mass is 9.86. The quantitative estimate of drug-likeness (QED) is 0.800. The molecule has 1 unspecified atom stereocenters. The number of aryl methyl sites for hydroxylation is 1. The molecule has 1 N–H and O–H groups in total. The third kappa shape index (κ3) is 4.48. The van der Waals surface area contributed by atoms with Gasteiger partial charge in [-0.1, -0.05) is 51.1 Å². The smallest absolute Gasteiger partial charge is 0.0588 e.